The highest BCUT2D eigenvalue weighted by Gasteiger charge is 2.08. The van der Waals surface area contributed by atoms with Gasteiger partial charge in [0, 0.05) is 12.3 Å². The van der Waals surface area contributed by atoms with Gasteiger partial charge in [0.1, 0.15) is 18.2 Å². The molecule has 116 valence electrons. The number of carbonyl (C=O) groups excluding carboxylic acids is 1. The number of carbonyl (C=O) groups is 1. The highest BCUT2D eigenvalue weighted by Crippen LogP contribution is 2.20. The van der Waals surface area contributed by atoms with Crippen molar-refractivity contribution in [2.24, 2.45) is 5.73 Å². The highest BCUT2D eigenvalue weighted by atomic mass is 35.5. The molecule has 0 bridgehead atoms. The smallest absolute Gasteiger partial charge is 0.250 e. The second-order valence-electron chi connectivity index (χ2n) is 4.27. The fourth-order valence-electron chi connectivity index (χ4n) is 1.63. The maximum absolute atomic E-state index is 13.3. The molecule has 8 heteroatoms. The van der Waals surface area contributed by atoms with Crippen LogP contribution in [0.25, 0.3) is 0 Å². The number of ether oxygens (including phenoxy) is 1. The Balaban J connectivity index is 1.87. The van der Waals surface area contributed by atoms with E-state index in [1.807, 2.05) is 0 Å². The first-order valence-electron chi connectivity index (χ1n) is 6.24. The Hall–Kier alpha value is -2.41. The lowest BCUT2D eigenvalue weighted by molar-refractivity contribution is 0.1000. The molecule has 0 fully saturated rings. The van der Waals surface area contributed by atoms with Crippen LogP contribution >= 0.6 is 11.6 Å². The number of nitrogens with zero attached hydrogens (tertiary/aromatic N) is 1. The maximum Gasteiger partial charge on any atom is 0.250 e. The molecule has 0 aliphatic carbocycles. The Morgan fingerprint density at radius 1 is 1.36 bits per heavy atom. The van der Waals surface area contributed by atoms with Crippen LogP contribution in [0.3, 0.4) is 0 Å². The van der Waals surface area contributed by atoms with E-state index in [2.05, 4.69) is 10.3 Å². The molecule has 2 aromatic rings. The average Bonchev–Trinajstić information content (AvgIpc) is 2.46. The molecule has 3 N–H and O–H groups in total. The molecule has 22 heavy (non-hydrogen) atoms. The zero-order valence-electron chi connectivity index (χ0n) is 11.3. The summed E-state index contributed by atoms with van der Waals surface area (Å²) in [7, 11) is 0. The Morgan fingerprint density at radius 2 is 2.14 bits per heavy atom. The zero-order chi connectivity index (χ0) is 16.1. The van der Waals surface area contributed by atoms with Crippen LogP contribution in [-0.4, -0.2) is 24.0 Å². The van der Waals surface area contributed by atoms with Crippen LogP contribution < -0.4 is 15.8 Å². The van der Waals surface area contributed by atoms with Crippen molar-refractivity contribution in [1.29, 1.82) is 0 Å². The van der Waals surface area contributed by atoms with Gasteiger partial charge in [0.2, 0.25) is 5.91 Å². The molecule has 0 saturated carbocycles. The Morgan fingerprint density at radius 3 is 2.77 bits per heavy atom. The normalized spacial score (nSPS) is 10.3. The van der Waals surface area contributed by atoms with Crippen LogP contribution in [0.15, 0.2) is 30.5 Å². The van der Waals surface area contributed by atoms with Gasteiger partial charge in [0.15, 0.2) is 11.6 Å². The van der Waals surface area contributed by atoms with Crippen LogP contribution in [0.1, 0.15) is 10.4 Å². The average molecular weight is 328 g/mol. The third-order valence-corrected chi connectivity index (χ3v) is 2.96. The van der Waals surface area contributed by atoms with Gasteiger partial charge in [0.25, 0.3) is 0 Å². The van der Waals surface area contributed by atoms with E-state index < -0.39 is 17.5 Å². The number of rotatable bonds is 6. The summed E-state index contributed by atoms with van der Waals surface area (Å²) in [5.74, 6) is -1.78. The summed E-state index contributed by atoms with van der Waals surface area (Å²) >= 11 is 5.94. The van der Waals surface area contributed by atoms with Crippen molar-refractivity contribution >= 4 is 23.3 Å². The van der Waals surface area contributed by atoms with Crippen molar-refractivity contribution in [1.82, 2.24) is 4.98 Å². The molecule has 0 aliphatic heterocycles. The number of hydrogen-bond donors (Lipinski definition) is 2. The Kier molecular flexibility index (Phi) is 5.11. The molecule has 1 aromatic carbocycles. The highest BCUT2D eigenvalue weighted by molar-refractivity contribution is 6.33. The number of hydrogen-bond acceptors (Lipinski definition) is 4. The van der Waals surface area contributed by atoms with E-state index in [1.165, 1.54) is 18.3 Å². The van der Waals surface area contributed by atoms with Gasteiger partial charge in [-0.15, -0.1) is 0 Å². The standard InChI is InChI=1S/C14H12ClF2N3O2/c15-10-5-8(13(18)21)7-20-14(10)19-3-4-22-12-2-1-9(16)6-11(12)17/h1-2,5-7H,3-4H2,(H2,18,21)(H,19,20). The van der Waals surface area contributed by atoms with Crippen LogP contribution in [0.2, 0.25) is 5.02 Å². The summed E-state index contributed by atoms with van der Waals surface area (Å²) in [6, 6.07) is 4.44. The molecule has 5 nitrogen and oxygen atoms in total. The first-order chi connectivity index (χ1) is 10.5. The Labute approximate surface area is 130 Å². The number of nitrogens with two attached hydrogens (primary N) is 1. The molecule has 0 aliphatic rings. The lowest BCUT2D eigenvalue weighted by atomic mass is 10.3. The third kappa shape index (κ3) is 4.05. The minimum atomic E-state index is -0.776. The van der Waals surface area contributed by atoms with Gasteiger partial charge in [-0.1, -0.05) is 11.6 Å². The minimum absolute atomic E-state index is 0.0497. The van der Waals surface area contributed by atoms with Gasteiger partial charge in [-0.3, -0.25) is 4.79 Å². The molecule has 0 unspecified atom stereocenters. The van der Waals surface area contributed by atoms with Crippen LogP contribution in [0, 0.1) is 11.6 Å². The van der Waals surface area contributed by atoms with E-state index >= 15 is 0 Å². The molecular formula is C14H12ClF2N3O2. The number of nitrogens with one attached hydrogen (secondary N) is 1. The fourth-order valence-corrected chi connectivity index (χ4v) is 1.86. The molecule has 1 amide bonds. The predicted octanol–water partition coefficient (Wildman–Crippen LogP) is 2.60. The topological polar surface area (TPSA) is 77.2 Å². The quantitative estimate of drug-likeness (QED) is 0.799. The summed E-state index contributed by atoms with van der Waals surface area (Å²) in [4.78, 5) is 14.9. The molecular weight excluding hydrogens is 316 g/mol. The largest absolute Gasteiger partial charge is 0.489 e. The van der Waals surface area contributed by atoms with Crippen LogP contribution in [0.5, 0.6) is 5.75 Å². The van der Waals surface area contributed by atoms with E-state index in [0.29, 0.717) is 5.82 Å². The number of pyridine rings is 1. The van der Waals surface area contributed by atoms with Crippen LogP contribution in [-0.2, 0) is 0 Å². The zero-order valence-corrected chi connectivity index (χ0v) is 12.0. The van der Waals surface area contributed by atoms with Gasteiger partial charge in [0.05, 0.1) is 17.1 Å². The first kappa shape index (κ1) is 16.0. The molecule has 0 atom stereocenters. The minimum Gasteiger partial charge on any atom is -0.489 e. The third-order valence-electron chi connectivity index (χ3n) is 2.67. The van der Waals surface area contributed by atoms with Gasteiger partial charge in [-0.25, -0.2) is 13.8 Å². The lowest BCUT2D eigenvalue weighted by Crippen LogP contribution is -2.15. The number of primary amides is 1. The van der Waals surface area contributed by atoms with Crippen LogP contribution in [0.4, 0.5) is 14.6 Å². The summed E-state index contributed by atoms with van der Waals surface area (Å²) in [5.41, 5.74) is 5.30. The van der Waals surface area contributed by atoms with Gasteiger partial charge < -0.3 is 15.8 Å². The van der Waals surface area contributed by atoms with Gasteiger partial charge in [-0.2, -0.15) is 0 Å². The number of halogens is 3. The van der Waals surface area contributed by atoms with Gasteiger partial charge in [-0.05, 0) is 18.2 Å². The number of aromatic nitrogens is 1. The summed E-state index contributed by atoms with van der Waals surface area (Å²) < 4.78 is 31.2. The summed E-state index contributed by atoms with van der Waals surface area (Å²) in [6.07, 6.45) is 1.29. The molecule has 1 aromatic heterocycles. The lowest BCUT2D eigenvalue weighted by Gasteiger charge is -2.10. The SMILES string of the molecule is NC(=O)c1cnc(NCCOc2ccc(F)cc2F)c(Cl)c1. The second-order valence-corrected chi connectivity index (χ2v) is 4.68. The van der Waals surface area contributed by atoms with Crippen molar-refractivity contribution in [3.05, 3.63) is 52.7 Å². The fraction of sp³-hybridized carbons (Fsp3) is 0.143. The van der Waals surface area contributed by atoms with E-state index in [-0.39, 0.29) is 29.5 Å². The molecule has 0 spiro atoms. The Bertz CT molecular complexity index is 698. The van der Waals surface area contributed by atoms with Crippen molar-refractivity contribution in [3.63, 3.8) is 0 Å². The van der Waals surface area contributed by atoms with E-state index in [9.17, 15) is 13.6 Å². The van der Waals surface area contributed by atoms with Crippen molar-refractivity contribution < 1.29 is 18.3 Å². The predicted molar refractivity (Wildman–Crippen MR) is 78.1 cm³/mol. The molecule has 2 rings (SSSR count). The van der Waals surface area contributed by atoms with Crippen molar-refractivity contribution in [2.75, 3.05) is 18.5 Å². The number of anilines is 1. The summed E-state index contributed by atoms with van der Waals surface area (Å²) in [5, 5.41) is 3.09. The monoisotopic (exact) mass is 327 g/mol. The van der Waals surface area contributed by atoms with E-state index in [4.69, 9.17) is 22.1 Å². The van der Waals surface area contributed by atoms with E-state index in [1.54, 1.807) is 0 Å². The molecule has 1 heterocycles. The summed E-state index contributed by atoms with van der Waals surface area (Å²) in [6.45, 7) is 0.386. The van der Waals surface area contributed by atoms with Crippen molar-refractivity contribution in [3.8, 4) is 5.75 Å². The first-order valence-corrected chi connectivity index (χ1v) is 6.62. The van der Waals surface area contributed by atoms with Crippen molar-refractivity contribution in [2.45, 2.75) is 0 Å². The number of amides is 1. The van der Waals surface area contributed by atoms with E-state index in [0.717, 1.165) is 12.1 Å². The molecule has 0 saturated heterocycles. The molecule has 0 radical (unpaired) electrons. The number of benzene rings is 1. The second kappa shape index (κ2) is 7.04. The van der Waals surface area contributed by atoms with Gasteiger partial charge >= 0.3 is 0 Å². The maximum atomic E-state index is 13.3.